The van der Waals surface area contributed by atoms with Crippen molar-refractivity contribution in [3.05, 3.63) is 57.6 Å². The fourth-order valence-corrected chi connectivity index (χ4v) is 2.88. The van der Waals surface area contributed by atoms with Crippen LogP contribution in [0.25, 0.3) is 0 Å². The summed E-state index contributed by atoms with van der Waals surface area (Å²) in [6.45, 7) is 1.30. The highest BCUT2D eigenvalue weighted by Crippen LogP contribution is 2.32. The van der Waals surface area contributed by atoms with Gasteiger partial charge in [0.1, 0.15) is 18.9 Å². The maximum absolute atomic E-state index is 12.4. The van der Waals surface area contributed by atoms with Gasteiger partial charge in [-0.15, -0.1) is 0 Å². The minimum Gasteiger partial charge on any atom is -0.486 e. The molecule has 2 aromatic rings. The number of carbonyl (C=O) groups excluding carboxylic acids is 1. The first-order valence-corrected chi connectivity index (χ1v) is 8.82. The zero-order chi connectivity index (χ0) is 18.8. The van der Waals surface area contributed by atoms with Crippen LogP contribution in [0.2, 0.25) is 0 Å². The van der Waals surface area contributed by atoms with E-state index in [1.165, 1.54) is 6.07 Å². The fourth-order valence-electron chi connectivity index (χ4n) is 2.88. The Morgan fingerprint density at radius 2 is 1.89 bits per heavy atom. The molecule has 1 heterocycles. The molecular weight excluding hydrogens is 350 g/mol. The number of nitrogens with one attached hydrogen (secondary N) is 2. The number of carbonyl (C=O) groups is 1. The van der Waals surface area contributed by atoms with E-state index in [9.17, 15) is 14.9 Å². The van der Waals surface area contributed by atoms with Gasteiger partial charge in [-0.25, -0.2) is 0 Å². The number of nitro groups is 1. The molecule has 0 spiro atoms. The number of hydrogen-bond acceptors (Lipinski definition) is 6. The number of fused-ring (bicyclic) bond motifs is 1. The molecule has 140 valence electrons. The summed E-state index contributed by atoms with van der Waals surface area (Å²) in [6.07, 6.45) is 2.02. The van der Waals surface area contributed by atoms with Crippen LogP contribution in [0.3, 0.4) is 0 Å². The molecule has 0 aromatic heterocycles. The summed E-state index contributed by atoms with van der Waals surface area (Å²) in [5.74, 6) is 0.968. The van der Waals surface area contributed by atoms with Gasteiger partial charge in [-0.3, -0.25) is 14.9 Å². The van der Waals surface area contributed by atoms with Crippen molar-refractivity contribution in [1.29, 1.82) is 0 Å². The molecule has 4 rings (SSSR count). The Hall–Kier alpha value is -3.29. The molecule has 0 saturated heterocycles. The highest BCUT2D eigenvalue weighted by atomic mass is 16.6. The zero-order valence-corrected chi connectivity index (χ0v) is 14.6. The lowest BCUT2D eigenvalue weighted by Crippen LogP contribution is -2.23. The molecule has 1 aliphatic carbocycles. The third-order valence-corrected chi connectivity index (χ3v) is 4.45. The van der Waals surface area contributed by atoms with Crippen LogP contribution >= 0.6 is 0 Å². The van der Waals surface area contributed by atoms with Gasteiger partial charge in [-0.1, -0.05) is 6.07 Å². The predicted molar refractivity (Wildman–Crippen MR) is 98.3 cm³/mol. The summed E-state index contributed by atoms with van der Waals surface area (Å²) in [5, 5.41) is 17.2. The Morgan fingerprint density at radius 3 is 2.63 bits per heavy atom. The third-order valence-electron chi connectivity index (χ3n) is 4.45. The van der Waals surface area contributed by atoms with Crippen molar-refractivity contribution < 1.29 is 19.2 Å². The van der Waals surface area contributed by atoms with Crippen LogP contribution < -0.4 is 20.1 Å². The summed E-state index contributed by atoms with van der Waals surface area (Å²) in [6, 6.07) is 10.3. The highest BCUT2D eigenvalue weighted by Gasteiger charge is 2.25. The number of benzene rings is 2. The summed E-state index contributed by atoms with van der Waals surface area (Å²) < 4.78 is 11.0. The van der Waals surface area contributed by atoms with Gasteiger partial charge in [-0.2, -0.15) is 0 Å². The molecule has 1 fully saturated rings. The normalized spacial score (nSPS) is 15.1. The predicted octanol–water partition coefficient (Wildman–Crippen LogP) is 2.87. The van der Waals surface area contributed by atoms with Gasteiger partial charge in [0.05, 0.1) is 4.92 Å². The van der Waals surface area contributed by atoms with Crippen LogP contribution in [0, 0.1) is 10.1 Å². The van der Waals surface area contributed by atoms with E-state index in [1.807, 2.05) is 12.1 Å². The van der Waals surface area contributed by atoms with E-state index >= 15 is 0 Å². The number of anilines is 1. The lowest BCUT2D eigenvalue weighted by Gasteiger charge is -2.19. The van der Waals surface area contributed by atoms with E-state index in [1.54, 1.807) is 18.2 Å². The van der Waals surface area contributed by atoms with Gasteiger partial charge in [-0.05, 0) is 42.7 Å². The lowest BCUT2D eigenvalue weighted by atomic mass is 10.1. The van der Waals surface area contributed by atoms with Crippen molar-refractivity contribution >= 4 is 17.3 Å². The van der Waals surface area contributed by atoms with Gasteiger partial charge in [0, 0.05) is 24.2 Å². The van der Waals surface area contributed by atoms with Crippen molar-refractivity contribution in [3.8, 4) is 11.5 Å². The largest absolute Gasteiger partial charge is 0.486 e. The summed E-state index contributed by atoms with van der Waals surface area (Å²) in [4.78, 5) is 23.3. The Labute approximate surface area is 155 Å². The van der Waals surface area contributed by atoms with Crippen molar-refractivity contribution in [1.82, 2.24) is 5.32 Å². The number of rotatable bonds is 6. The number of hydrogen-bond donors (Lipinski definition) is 2. The maximum Gasteiger partial charge on any atom is 0.293 e. The van der Waals surface area contributed by atoms with Crippen molar-refractivity contribution in [2.45, 2.75) is 25.4 Å². The van der Waals surface area contributed by atoms with Crippen LogP contribution in [0.15, 0.2) is 36.4 Å². The van der Waals surface area contributed by atoms with Crippen LogP contribution in [0.4, 0.5) is 11.4 Å². The van der Waals surface area contributed by atoms with Crippen LogP contribution in [-0.4, -0.2) is 30.1 Å². The molecule has 2 aromatic carbocycles. The number of nitro benzene ring substituents is 1. The standard InChI is InChI=1S/C19H19N3O5/c23-19(20-11-12-1-6-17-18(9-12)27-8-7-26-17)13-2-5-15(21-14-3-4-14)16(10-13)22(24)25/h1-2,5-6,9-10,14,21H,3-4,7-8,11H2,(H,20,23). The molecule has 27 heavy (non-hydrogen) atoms. The molecule has 1 saturated carbocycles. The Morgan fingerprint density at radius 1 is 1.11 bits per heavy atom. The summed E-state index contributed by atoms with van der Waals surface area (Å²) >= 11 is 0. The van der Waals surface area contributed by atoms with Gasteiger partial charge in [0.25, 0.3) is 11.6 Å². The third kappa shape index (κ3) is 3.94. The van der Waals surface area contributed by atoms with E-state index in [2.05, 4.69) is 10.6 Å². The van der Waals surface area contributed by atoms with E-state index < -0.39 is 4.92 Å². The minimum atomic E-state index is -0.470. The SMILES string of the molecule is O=C(NCc1ccc2c(c1)OCCO2)c1ccc(NC2CC2)c([N+](=O)[O-])c1. The van der Waals surface area contributed by atoms with Gasteiger partial charge in [0.2, 0.25) is 0 Å². The molecule has 1 amide bonds. The molecular formula is C19H19N3O5. The molecule has 1 aliphatic heterocycles. The second kappa shape index (κ2) is 7.14. The fraction of sp³-hybridized carbons (Fsp3) is 0.316. The first-order valence-electron chi connectivity index (χ1n) is 8.82. The second-order valence-electron chi connectivity index (χ2n) is 6.57. The van der Waals surface area contributed by atoms with E-state index in [-0.39, 0.29) is 23.7 Å². The van der Waals surface area contributed by atoms with Crippen molar-refractivity contribution in [2.24, 2.45) is 0 Å². The summed E-state index contributed by atoms with van der Waals surface area (Å²) in [7, 11) is 0. The van der Waals surface area contributed by atoms with E-state index in [4.69, 9.17) is 9.47 Å². The van der Waals surface area contributed by atoms with Crippen LogP contribution in [-0.2, 0) is 6.54 Å². The average Bonchev–Trinajstić information content (AvgIpc) is 3.50. The molecule has 0 bridgehead atoms. The average molecular weight is 369 g/mol. The number of nitrogens with zero attached hydrogens (tertiary/aromatic N) is 1. The van der Waals surface area contributed by atoms with Crippen molar-refractivity contribution in [3.63, 3.8) is 0 Å². The first-order chi connectivity index (χ1) is 13.1. The topological polar surface area (TPSA) is 103 Å². The molecule has 8 heteroatoms. The van der Waals surface area contributed by atoms with Gasteiger partial charge in [0.15, 0.2) is 11.5 Å². The molecule has 0 atom stereocenters. The van der Waals surface area contributed by atoms with Gasteiger partial charge < -0.3 is 20.1 Å². The molecule has 2 aliphatic rings. The summed E-state index contributed by atoms with van der Waals surface area (Å²) in [5.41, 5.74) is 1.47. The molecule has 8 nitrogen and oxygen atoms in total. The van der Waals surface area contributed by atoms with Gasteiger partial charge >= 0.3 is 0 Å². The van der Waals surface area contributed by atoms with Crippen LogP contribution in [0.1, 0.15) is 28.8 Å². The molecule has 0 radical (unpaired) electrons. The van der Waals surface area contributed by atoms with E-state index in [0.29, 0.717) is 36.4 Å². The molecule has 0 unspecified atom stereocenters. The van der Waals surface area contributed by atoms with Crippen LogP contribution in [0.5, 0.6) is 11.5 Å². The smallest absolute Gasteiger partial charge is 0.293 e. The first kappa shape index (κ1) is 17.1. The number of ether oxygens (including phenoxy) is 2. The lowest BCUT2D eigenvalue weighted by molar-refractivity contribution is -0.384. The Kier molecular flexibility index (Phi) is 4.53. The molecule has 2 N–H and O–H groups in total. The maximum atomic E-state index is 12.4. The highest BCUT2D eigenvalue weighted by molar-refractivity contribution is 5.95. The second-order valence-corrected chi connectivity index (χ2v) is 6.57. The Bertz CT molecular complexity index is 895. The quantitative estimate of drug-likeness (QED) is 0.600. The number of amides is 1. The minimum absolute atomic E-state index is 0.0890. The van der Waals surface area contributed by atoms with Crippen molar-refractivity contribution in [2.75, 3.05) is 18.5 Å². The Balaban J connectivity index is 1.44. The monoisotopic (exact) mass is 369 g/mol. The van der Waals surface area contributed by atoms with E-state index in [0.717, 1.165) is 18.4 Å². The zero-order valence-electron chi connectivity index (χ0n) is 14.6.